The number of hydrogen-bond donors (Lipinski definition) is 1. The van der Waals surface area contributed by atoms with Crippen LogP contribution in [0.1, 0.15) is 28.8 Å². The van der Waals surface area contributed by atoms with Crippen molar-refractivity contribution in [3.63, 3.8) is 0 Å². The summed E-state index contributed by atoms with van der Waals surface area (Å²) >= 11 is 0. The summed E-state index contributed by atoms with van der Waals surface area (Å²) in [6.07, 6.45) is 3.17. The molecular formula is C13H18N2O3S. The minimum atomic E-state index is -3.34. The number of carbonyl (C=O) groups excluding carboxylic acids is 1. The highest BCUT2D eigenvalue weighted by Crippen LogP contribution is 2.20. The van der Waals surface area contributed by atoms with Crippen LogP contribution in [0.5, 0.6) is 0 Å². The van der Waals surface area contributed by atoms with Crippen LogP contribution < -0.4 is 4.72 Å². The number of anilines is 1. The van der Waals surface area contributed by atoms with Crippen LogP contribution in [-0.2, 0) is 10.0 Å². The molecule has 19 heavy (non-hydrogen) atoms. The number of likely N-dealkylation sites (tertiary alicyclic amines) is 1. The van der Waals surface area contributed by atoms with Gasteiger partial charge in [0, 0.05) is 18.7 Å². The number of carbonyl (C=O) groups is 1. The molecule has 0 radical (unpaired) electrons. The van der Waals surface area contributed by atoms with Crippen molar-refractivity contribution in [2.45, 2.75) is 19.8 Å². The number of amides is 1. The summed E-state index contributed by atoms with van der Waals surface area (Å²) in [5.74, 6) is -0.0333. The predicted molar refractivity (Wildman–Crippen MR) is 74.8 cm³/mol. The van der Waals surface area contributed by atoms with Crippen molar-refractivity contribution >= 4 is 21.6 Å². The van der Waals surface area contributed by atoms with Crippen molar-refractivity contribution in [1.29, 1.82) is 0 Å². The third-order valence-corrected chi connectivity index (χ3v) is 3.76. The zero-order chi connectivity index (χ0) is 14.0. The molecule has 0 aromatic heterocycles. The number of nitrogens with one attached hydrogen (secondary N) is 1. The van der Waals surface area contributed by atoms with E-state index in [0.29, 0.717) is 11.3 Å². The zero-order valence-electron chi connectivity index (χ0n) is 11.1. The first-order valence-electron chi connectivity index (χ1n) is 6.24. The van der Waals surface area contributed by atoms with Gasteiger partial charge in [-0.3, -0.25) is 9.52 Å². The van der Waals surface area contributed by atoms with Gasteiger partial charge < -0.3 is 4.90 Å². The largest absolute Gasteiger partial charge is 0.339 e. The summed E-state index contributed by atoms with van der Waals surface area (Å²) in [5, 5.41) is 0. The molecule has 0 spiro atoms. The van der Waals surface area contributed by atoms with Crippen LogP contribution in [0.3, 0.4) is 0 Å². The van der Waals surface area contributed by atoms with E-state index in [1.54, 1.807) is 30.0 Å². The molecule has 0 atom stereocenters. The van der Waals surface area contributed by atoms with Crippen molar-refractivity contribution < 1.29 is 13.2 Å². The molecule has 1 amide bonds. The van der Waals surface area contributed by atoms with E-state index in [1.807, 2.05) is 0 Å². The highest BCUT2D eigenvalue weighted by molar-refractivity contribution is 7.92. The molecule has 0 unspecified atom stereocenters. The molecule has 1 aromatic carbocycles. The van der Waals surface area contributed by atoms with Crippen molar-refractivity contribution in [2.24, 2.45) is 0 Å². The van der Waals surface area contributed by atoms with Gasteiger partial charge in [0.25, 0.3) is 5.91 Å². The molecule has 1 aliphatic heterocycles. The van der Waals surface area contributed by atoms with Crippen LogP contribution in [0.2, 0.25) is 0 Å². The Balaban J connectivity index is 2.27. The molecule has 1 aromatic rings. The molecule has 0 saturated carbocycles. The van der Waals surface area contributed by atoms with E-state index in [9.17, 15) is 13.2 Å². The molecule has 104 valence electrons. The predicted octanol–water partition coefficient (Wildman–Crippen LogP) is 1.60. The smallest absolute Gasteiger partial charge is 0.253 e. The monoisotopic (exact) mass is 282 g/mol. The summed E-state index contributed by atoms with van der Waals surface area (Å²) in [5.41, 5.74) is 1.79. The first-order valence-corrected chi connectivity index (χ1v) is 8.14. The number of aryl methyl sites for hydroxylation is 1. The minimum absolute atomic E-state index is 0.0333. The Labute approximate surface area is 113 Å². The molecule has 1 saturated heterocycles. The number of rotatable bonds is 3. The number of nitrogens with zero attached hydrogens (tertiary/aromatic N) is 1. The molecule has 0 bridgehead atoms. The van der Waals surface area contributed by atoms with Crippen LogP contribution in [0.15, 0.2) is 18.2 Å². The van der Waals surface area contributed by atoms with Crippen LogP contribution in [0.25, 0.3) is 0 Å². The third-order valence-electron chi connectivity index (χ3n) is 3.17. The van der Waals surface area contributed by atoms with E-state index >= 15 is 0 Å². The first kappa shape index (κ1) is 13.9. The SMILES string of the molecule is Cc1ccc(C(=O)N2CCCC2)cc1NS(C)(=O)=O. The maximum atomic E-state index is 12.2. The molecule has 0 aliphatic carbocycles. The van der Waals surface area contributed by atoms with Gasteiger partial charge in [0.2, 0.25) is 10.0 Å². The maximum Gasteiger partial charge on any atom is 0.253 e. The Morgan fingerprint density at radius 2 is 1.89 bits per heavy atom. The van der Waals surface area contributed by atoms with Gasteiger partial charge in [0.1, 0.15) is 0 Å². The highest BCUT2D eigenvalue weighted by atomic mass is 32.2. The van der Waals surface area contributed by atoms with E-state index in [-0.39, 0.29) is 5.91 Å². The van der Waals surface area contributed by atoms with E-state index in [4.69, 9.17) is 0 Å². The quantitative estimate of drug-likeness (QED) is 0.915. The van der Waals surface area contributed by atoms with Crippen molar-refractivity contribution in [1.82, 2.24) is 4.90 Å². The Bertz CT molecular complexity index is 590. The Hall–Kier alpha value is -1.56. The van der Waals surface area contributed by atoms with Crippen LogP contribution >= 0.6 is 0 Å². The second-order valence-corrected chi connectivity index (χ2v) is 6.65. The average molecular weight is 282 g/mol. The minimum Gasteiger partial charge on any atom is -0.339 e. The van der Waals surface area contributed by atoms with Crippen molar-refractivity contribution in [3.8, 4) is 0 Å². The summed E-state index contributed by atoms with van der Waals surface area (Å²) < 4.78 is 25.0. The van der Waals surface area contributed by atoms with E-state index in [0.717, 1.165) is 37.8 Å². The zero-order valence-corrected chi connectivity index (χ0v) is 12.0. The normalized spacial score (nSPS) is 15.6. The second kappa shape index (κ2) is 5.21. The molecule has 1 heterocycles. The van der Waals surface area contributed by atoms with Crippen molar-refractivity contribution in [2.75, 3.05) is 24.1 Å². The van der Waals surface area contributed by atoms with Crippen LogP contribution in [0.4, 0.5) is 5.69 Å². The number of benzene rings is 1. The fourth-order valence-corrected chi connectivity index (χ4v) is 2.79. The van der Waals surface area contributed by atoms with Gasteiger partial charge in [-0.2, -0.15) is 0 Å². The standard InChI is InChI=1S/C13H18N2O3S/c1-10-5-6-11(9-12(10)14-19(2,17)18)13(16)15-7-3-4-8-15/h5-6,9,14H,3-4,7-8H2,1-2H3. The number of sulfonamides is 1. The summed E-state index contributed by atoms with van der Waals surface area (Å²) in [4.78, 5) is 14.0. The van der Waals surface area contributed by atoms with E-state index < -0.39 is 10.0 Å². The van der Waals surface area contributed by atoms with E-state index in [2.05, 4.69) is 4.72 Å². The van der Waals surface area contributed by atoms with Gasteiger partial charge in [-0.1, -0.05) is 6.07 Å². The lowest BCUT2D eigenvalue weighted by molar-refractivity contribution is 0.0793. The lowest BCUT2D eigenvalue weighted by Crippen LogP contribution is -2.27. The van der Waals surface area contributed by atoms with Crippen molar-refractivity contribution in [3.05, 3.63) is 29.3 Å². The number of hydrogen-bond acceptors (Lipinski definition) is 3. The third kappa shape index (κ3) is 3.47. The fourth-order valence-electron chi connectivity index (χ4n) is 2.17. The first-order chi connectivity index (χ1) is 8.87. The second-order valence-electron chi connectivity index (χ2n) is 4.90. The molecule has 5 nitrogen and oxygen atoms in total. The molecule has 1 aliphatic rings. The lowest BCUT2D eigenvalue weighted by atomic mass is 10.1. The Kier molecular flexibility index (Phi) is 3.80. The van der Waals surface area contributed by atoms with Gasteiger partial charge in [-0.05, 0) is 37.5 Å². The van der Waals surface area contributed by atoms with Gasteiger partial charge in [0.05, 0.1) is 11.9 Å². The highest BCUT2D eigenvalue weighted by Gasteiger charge is 2.20. The molecule has 2 rings (SSSR count). The summed E-state index contributed by atoms with van der Waals surface area (Å²) in [6.45, 7) is 3.36. The molecule has 1 N–H and O–H groups in total. The average Bonchev–Trinajstić information content (AvgIpc) is 2.83. The lowest BCUT2D eigenvalue weighted by Gasteiger charge is -2.16. The van der Waals surface area contributed by atoms with Gasteiger partial charge in [-0.15, -0.1) is 0 Å². The molecular weight excluding hydrogens is 264 g/mol. The van der Waals surface area contributed by atoms with Gasteiger partial charge >= 0.3 is 0 Å². The topological polar surface area (TPSA) is 66.5 Å². The van der Waals surface area contributed by atoms with E-state index in [1.165, 1.54) is 0 Å². The summed E-state index contributed by atoms with van der Waals surface area (Å²) in [6, 6.07) is 5.11. The molecule has 6 heteroatoms. The Morgan fingerprint density at radius 3 is 2.47 bits per heavy atom. The van der Waals surface area contributed by atoms with Gasteiger partial charge in [-0.25, -0.2) is 8.42 Å². The fraction of sp³-hybridized carbons (Fsp3) is 0.462. The van der Waals surface area contributed by atoms with Gasteiger partial charge in [0.15, 0.2) is 0 Å². The summed E-state index contributed by atoms with van der Waals surface area (Å²) in [7, 11) is -3.34. The van der Waals surface area contributed by atoms with Crippen LogP contribution in [0, 0.1) is 6.92 Å². The Morgan fingerprint density at radius 1 is 1.26 bits per heavy atom. The van der Waals surface area contributed by atoms with Crippen LogP contribution in [-0.4, -0.2) is 38.6 Å². The molecule has 1 fully saturated rings. The maximum absolute atomic E-state index is 12.2.